The summed E-state index contributed by atoms with van der Waals surface area (Å²) >= 11 is 0. The Hall–Kier alpha value is -1.17. The van der Waals surface area contributed by atoms with Crippen molar-refractivity contribution in [3.8, 4) is 5.75 Å². The van der Waals surface area contributed by atoms with Gasteiger partial charge in [0.1, 0.15) is 5.75 Å². The Morgan fingerprint density at radius 3 is 2.68 bits per heavy atom. The Bertz CT molecular complexity index is 358. The molecule has 0 fully saturated rings. The highest BCUT2D eigenvalue weighted by atomic mass is 16.5. The molecular weight excluding hydrogens is 244 g/mol. The largest absolute Gasteiger partial charge is 0.489 e. The smallest absolute Gasteiger partial charge is 0.138 e. The number of methoxy groups -OCH3 is 1. The van der Waals surface area contributed by atoms with Crippen molar-refractivity contribution in [2.45, 2.75) is 26.0 Å². The summed E-state index contributed by atoms with van der Waals surface area (Å²) in [7, 11) is 3.57. The molecule has 0 aliphatic carbocycles. The minimum Gasteiger partial charge on any atom is -0.489 e. The van der Waals surface area contributed by atoms with Gasteiger partial charge in [0, 0.05) is 13.3 Å². The number of ether oxygens (including phenoxy) is 3. The first-order valence-electron chi connectivity index (χ1n) is 6.53. The van der Waals surface area contributed by atoms with Crippen LogP contribution < -0.4 is 10.1 Å². The molecule has 0 spiro atoms. The van der Waals surface area contributed by atoms with Crippen LogP contribution in [0, 0.1) is 0 Å². The standard InChI is InChI=1S/C14H24N2O3/c1-11(2)19-13-7-12(8-16-9-13)14(15-3)10-18-6-5-17-4/h7-9,11,14-15H,5-6,10H2,1-4H3. The highest BCUT2D eigenvalue weighted by Gasteiger charge is 2.11. The third-order valence-electron chi connectivity index (χ3n) is 2.57. The average Bonchev–Trinajstić information content (AvgIpc) is 2.38. The van der Waals surface area contributed by atoms with Gasteiger partial charge in [-0.15, -0.1) is 0 Å². The molecule has 0 saturated heterocycles. The molecule has 5 nitrogen and oxygen atoms in total. The number of likely N-dealkylation sites (N-methyl/N-ethyl adjacent to an activating group) is 1. The Morgan fingerprint density at radius 2 is 2.05 bits per heavy atom. The summed E-state index contributed by atoms with van der Waals surface area (Å²) in [5, 5.41) is 3.21. The third kappa shape index (κ3) is 6.00. The maximum Gasteiger partial charge on any atom is 0.138 e. The van der Waals surface area contributed by atoms with E-state index in [1.165, 1.54) is 0 Å². The molecule has 1 unspecified atom stereocenters. The zero-order valence-electron chi connectivity index (χ0n) is 12.2. The number of hydrogen-bond acceptors (Lipinski definition) is 5. The number of aromatic nitrogens is 1. The molecule has 5 heteroatoms. The molecule has 1 atom stereocenters. The normalized spacial score (nSPS) is 12.7. The summed E-state index contributed by atoms with van der Waals surface area (Å²) in [6.45, 7) is 5.76. The fraction of sp³-hybridized carbons (Fsp3) is 0.643. The Labute approximate surface area is 115 Å². The van der Waals surface area contributed by atoms with E-state index in [4.69, 9.17) is 14.2 Å². The monoisotopic (exact) mass is 268 g/mol. The van der Waals surface area contributed by atoms with E-state index in [0.29, 0.717) is 19.8 Å². The molecule has 0 amide bonds. The molecule has 0 aromatic carbocycles. The fourth-order valence-electron chi connectivity index (χ4n) is 1.65. The lowest BCUT2D eigenvalue weighted by Crippen LogP contribution is -2.23. The SMILES string of the molecule is CNC(COCCOC)c1cncc(OC(C)C)c1. The van der Waals surface area contributed by atoms with Crippen LogP contribution in [0.15, 0.2) is 18.5 Å². The van der Waals surface area contributed by atoms with Crippen LogP contribution in [0.4, 0.5) is 0 Å². The van der Waals surface area contributed by atoms with Gasteiger partial charge in [-0.3, -0.25) is 4.98 Å². The van der Waals surface area contributed by atoms with Crippen LogP contribution in [0.2, 0.25) is 0 Å². The van der Waals surface area contributed by atoms with Crippen molar-refractivity contribution in [2.24, 2.45) is 0 Å². The van der Waals surface area contributed by atoms with Gasteiger partial charge in [0.05, 0.1) is 38.2 Å². The van der Waals surface area contributed by atoms with Crippen LogP contribution in [0.5, 0.6) is 5.75 Å². The van der Waals surface area contributed by atoms with Gasteiger partial charge >= 0.3 is 0 Å². The van der Waals surface area contributed by atoms with E-state index in [9.17, 15) is 0 Å². The quantitative estimate of drug-likeness (QED) is 0.692. The molecule has 0 saturated carbocycles. The summed E-state index contributed by atoms with van der Waals surface area (Å²) in [4.78, 5) is 4.21. The summed E-state index contributed by atoms with van der Waals surface area (Å²) in [6.07, 6.45) is 3.69. The van der Waals surface area contributed by atoms with Crippen molar-refractivity contribution < 1.29 is 14.2 Å². The van der Waals surface area contributed by atoms with Crippen molar-refractivity contribution in [1.82, 2.24) is 10.3 Å². The lowest BCUT2D eigenvalue weighted by Gasteiger charge is -2.18. The van der Waals surface area contributed by atoms with E-state index in [1.54, 1.807) is 13.3 Å². The molecule has 0 radical (unpaired) electrons. The van der Waals surface area contributed by atoms with Gasteiger partial charge in [0.15, 0.2) is 0 Å². The first-order valence-corrected chi connectivity index (χ1v) is 6.53. The van der Waals surface area contributed by atoms with Gasteiger partial charge in [0.2, 0.25) is 0 Å². The van der Waals surface area contributed by atoms with E-state index in [0.717, 1.165) is 11.3 Å². The second-order valence-corrected chi connectivity index (χ2v) is 4.53. The van der Waals surface area contributed by atoms with Crippen molar-refractivity contribution in [3.05, 3.63) is 24.0 Å². The predicted molar refractivity (Wildman–Crippen MR) is 74.5 cm³/mol. The second-order valence-electron chi connectivity index (χ2n) is 4.53. The van der Waals surface area contributed by atoms with Crippen LogP contribution >= 0.6 is 0 Å². The molecular formula is C14H24N2O3. The number of pyridine rings is 1. The number of nitrogens with one attached hydrogen (secondary N) is 1. The molecule has 108 valence electrons. The molecule has 19 heavy (non-hydrogen) atoms. The van der Waals surface area contributed by atoms with Crippen molar-refractivity contribution in [1.29, 1.82) is 0 Å². The molecule has 1 N–H and O–H groups in total. The lowest BCUT2D eigenvalue weighted by atomic mass is 10.1. The van der Waals surface area contributed by atoms with Gasteiger partial charge in [-0.25, -0.2) is 0 Å². The van der Waals surface area contributed by atoms with Crippen LogP contribution in [-0.2, 0) is 9.47 Å². The minimum absolute atomic E-state index is 0.0973. The van der Waals surface area contributed by atoms with E-state index >= 15 is 0 Å². The number of rotatable bonds is 9. The predicted octanol–water partition coefficient (Wildman–Crippen LogP) is 1.79. The highest BCUT2D eigenvalue weighted by molar-refractivity contribution is 5.26. The maximum atomic E-state index is 5.64. The van der Waals surface area contributed by atoms with Gasteiger partial charge in [-0.2, -0.15) is 0 Å². The van der Waals surface area contributed by atoms with Crippen LogP contribution in [-0.4, -0.2) is 45.1 Å². The number of nitrogens with zero attached hydrogens (tertiary/aromatic N) is 1. The average molecular weight is 268 g/mol. The summed E-state index contributed by atoms with van der Waals surface area (Å²) < 4.78 is 16.1. The van der Waals surface area contributed by atoms with Crippen LogP contribution in [0.3, 0.4) is 0 Å². The van der Waals surface area contributed by atoms with Crippen LogP contribution in [0.1, 0.15) is 25.5 Å². The van der Waals surface area contributed by atoms with Gasteiger partial charge < -0.3 is 19.5 Å². The van der Waals surface area contributed by atoms with Gasteiger partial charge in [0.25, 0.3) is 0 Å². The Morgan fingerprint density at radius 1 is 1.26 bits per heavy atom. The van der Waals surface area contributed by atoms with E-state index < -0.39 is 0 Å². The van der Waals surface area contributed by atoms with Gasteiger partial charge in [-0.1, -0.05) is 0 Å². The molecule has 0 bridgehead atoms. The van der Waals surface area contributed by atoms with E-state index in [-0.39, 0.29) is 12.1 Å². The van der Waals surface area contributed by atoms with Crippen molar-refractivity contribution in [3.63, 3.8) is 0 Å². The maximum absolute atomic E-state index is 5.64. The minimum atomic E-state index is 0.0973. The molecule has 1 heterocycles. The summed E-state index contributed by atoms with van der Waals surface area (Å²) in [5.41, 5.74) is 1.05. The third-order valence-corrected chi connectivity index (χ3v) is 2.57. The lowest BCUT2D eigenvalue weighted by molar-refractivity contribution is 0.0595. The van der Waals surface area contributed by atoms with E-state index in [1.807, 2.05) is 33.2 Å². The summed E-state index contributed by atoms with van der Waals surface area (Å²) in [5.74, 6) is 0.782. The van der Waals surface area contributed by atoms with Crippen molar-refractivity contribution in [2.75, 3.05) is 34.0 Å². The fourth-order valence-corrected chi connectivity index (χ4v) is 1.65. The molecule has 0 aliphatic rings. The van der Waals surface area contributed by atoms with Crippen molar-refractivity contribution >= 4 is 0 Å². The zero-order chi connectivity index (χ0) is 14.1. The Kier molecular flexibility index (Phi) is 7.40. The summed E-state index contributed by atoms with van der Waals surface area (Å²) in [6, 6.07) is 2.09. The number of hydrogen-bond donors (Lipinski definition) is 1. The molecule has 1 rings (SSSR count). The Balaban J connectivity index is 2.59. The topological polar surface area (TPSA) is 52.6 Å². The zero-order valence-corrected chi connectivity index (χ0v) is 12.2. The first-order chi connectivity index (χ1) is 9.17. The molecule has 1 aromatic rings. The van der Waals surface area contributed by atoms with E-state index in [2.05, 4.69) is 10.3 Å². The van der Waals surface area contributed by atoms with Gasteiger partial charge in [-0.05, 0) is 32.5 Å². The molecule has 0 aliphatic heterocycles. The first kappa shape index (κ1) is 15.9. The van der Waals surface area contributed by atoms with Crippen LogP contribution in [0.25, 0.3) is 0 Å². The highest BCUT2D eigenvalue weighted by Crippen LogP contribution is 2.18. The molecule has 1 aromatic heterocycles. The second kappa shape index (κ2) is 8.85.